The van der Waals surface area contributed by atoms with Gasteiger partial charge < -0.3 is 28.4 Å². The van der Waals surface area contributed by atoms with Crippen LogP contribution in [0.1, 0.15) is 59.7 Å². The van der Waals surface area contributed by atoms with Crippen molar-refractivity contribution in [3.8, 4) is 11.5 Å². The topological polar surface area (TPSA) is 124 Å². The molecule has 1 aliphatic rings. The molecule has 0 saturated carbocycles. The summed E-state index contributed by atoms with van der Waals surface area (Å²) >= 11 is 0. The molecule has 0 aromatic heterocycles. The number of allylic oxidation sites excluding steroid dienone is 4. The molecule has 47 heavy (non-hydrogen) atoms. The summed E-state index contributed by atoms with van der Waals surface area (Å²) in [6, 6.07) is 13.5. The molecule has 10 heteroatoms. The second-order valence-electron chi connectivity index (χ2n) is 10.3. The summed E-state index contributed by atoms with van der Waals surface area (Å²) in [7, 11) is 0. The highest BCUT2D eigenvalue weighted by molar-refractivity contribution is 5.97. The predicted molar refractivity (Wildman–Crippen MR) is 175 cm³/mol. The van der Waals surface area contributed by atoms with E-state index in [0.29, 0.717) is 98.2 Å². The Morgan fingerprint density at radius 2 is 1.21 bits per heavy atom. The number of benzene rings is 2. The van der Waals surface area contributed by atoms with Crippen LogP contribution in [-0.2, 0) is 28.5 Å². The monoisotopic (exact) mass is 644 g/mol. The predicted octanol–water partition coefficient (Wildman–Crippen LogP) is 6.64. The van der Waals surface area contributed by atoms with Crippen molar-refractivity contribution < 1.29 is 47.6 Å². The van der Waals surface area contributed by atoms with Gasteiger partial charge in [0.15, 0.2) is 12.4 Å². The summed E-state index contributed by atoms with van der Waals surface area (Å²) in [5.74, 6) is 0.592. The van der Waals surface area contributed by atoms with E-state index >= 15 is 0 Å². The van der Waals surface area contributed by atoms with Crippen molar-refractivity contribution in [3.63, 3.8) is 0 Å². The lowest BCUT2D eigenvalue weighted by Gasteiger charge is -2.10. The molecule has 0 heterocycles. The number of Topliss-reactive ketones (excluding diaryl/α,β-unsaturated/α-hetero) is 1. The van der Waals surface area contributed by atoms with Crippen molar-refractivity contribution >= 4 is 23.7 Å². The van der Waals surface area contributed by atoms with Crippen LogP contribution < -0.4 is 9.47 Å². The highest BCUT2D eigenvalue weighted by Gasteiger charge is 2.14. The first-order valence-corrected chi connectivity index (χ1v) is 15.3. The van der Waals surface area contributed by atoms with Gasteiger partial charge in [-0.1, -0.05) is 19.2 Å². The fourth-order valence-corrected chi connectivity index (χ4v) is 4.10. The number of ketones is 1. The summed E-state index contributed by atoms with van der Waals surface area (Å²) in [6.45, 7) is 9.85. The second-order valence-corrected chi connectivity index (χ2v) is 10.3. The van der Waals surface area contributed by atoms with Crippen LogP contribution in [0.4, 0.5) is 0 Å². The first-order chi connectivity index (χ1) is 22.8. The minimum absolute atomic E-state index is 0.166. The first-order valence-electron chi connectivity index (χ1n) is 15.3. The average molecular weight is 645 g/mol. The molecular formula is C37H40O10. The van der Waals surface area contributed by atoms with Gasteiger partial charge in [-0.2, -0.15) is 0 Å². The van der Waals surface area contributed by atoms with Crippen molar-refractivity contribution in [2.75, 3.05) is 33.0 Å². The standard InChI is InChI=1S/C37H40O10/c1-4-35(39)44-23-8-6-21-42-30-17-13-28(14-18-30)33(38)26-46-34-12-10-11-32(25-27(34)3)47-37(41)29-15-19-31(20-16-29)43-22-7-9-24-45-36(40)5-2/h4-5,10,12-20,25H,1-2,6-9,11,21-24,26H2,3H3. The maximum atomic E-state index is 12.8. The van der Waals surface area contributed by atoms with Crippen LogP contribution in [0.3, 0.4) is 0 Å². The van der Waals surface area contributed by atoms with E-state index in [2.05, 4.69) is 13.2 Å². The van der Waals surface area contributed by atoms with Crippen molar-refractivity contribution in [1.29, 1.82) is 0 Å². The molecule has 2 aromatic carbocycles. The molecule has 0 bridgehead atoms. The highest BCUT2D eigenvalue weighted by Crippen LogP contribution is 2.22. The lowest BCUT2D eigenvalue weighted by atomic mass is 10.1. The average Bonchev–Trinajstić information content (AvgIpc) is 3.26. The van der Waals surface area contributed by atoms with Gasteiger partial charge in [0.2, 0.25) is 0 Å². The molecule has 0 spiro atoms. The van der Waals surface area contributed by atoms with Crippen LogP contribution in [0.2, 0.25) is 0 Å². The minimum Gasteiger partial charge on any atom is -0.494 e. The summed E-state index contributed by atoms with van der Waals surface area (Å²) in [6.07, 6.45) is 10.6. The lowest BCUT2D eigenvalue weighted by Crippen LogP contribution is -2.09. The highest BCUT2D eigenvalue weighted by atomic mass is 16.5. The normalized spacial score (nSPS) is 12.2. The van der Waals surface area contributed by atoms with Crippen molar-refractivity contribution in [2.45, 2.75) is 39.0 Å². The van der Waals surface area contributed by atoms with Gasteiger partial charge in [-0.15, -0.1) is 0 Å². The third-order valence-corrected chi connectivity index (χ3v) is 6.64. The Hall–Kier alpha value is -5.38. The van der Waals surface area contributed by atoms with Gasteiger partial charge in [0, 0.05) is 24.1 Å². The lowest BCUT2D eigenvalue weighted by molar-refractivity contribution is -0.138. The van der Waals surface area contributed by atoms with E-state index in [4.69, 9.17) is 28.4 Å². The van der Waals surface area contributed by atoms with Gasteiger partial charge in [-0.05, 0) is 98.9 Å². The van der Waals surface area contributed by atoms with Crippen LogP contribution in [0.25, 0.3) is 0 Å². The maximum absolute atomic E-state index is 12.8. The molecule has 10 nitrogen and oxygen atoms in total. The van der Waals surface area contributed by atoms with Crippen molar-refractivity contribution in [2.24, 2.45) is 0 Å². The molecule has 0 fully saturated rings. The largest absolute Gasteiger partial charge is 0.494 e. The van der Waals surface area contributed by atoms with Gasteiger partial charge in [0.1, 0.15) is 23.0 Å². The molecule has 1 aliphatic carbocycles. The van der Waals surface area contributed by atoms with Gasteiger partial charge >= 0.3 is 17.9 Å². The molecule has 0 atom stereocenters. The SMILES string of the molecule is C=CC(=O)OCCCCOc1ccc(C(=O)COC2=C(C)C=C(OC(=O)c3ccc(OCCCCOC(=O)C=C)cc3)CC=C2)cc1. The quantitative estimate of drug-likeness (QED) is 0.0510. The van der Waals surface area contributed by atoms with Crippen LogP contribution in [0, 0.1) is 0 Å². The van der Waals surface area contributed by atoms with E-state index in [1.165, 1.54) is 0 Å². The summed E-state index contributed by atoms with van der Waals surface area (Å²) < 4.78 is 32.6. The summed E-state index contributed by atoms with van der Waals surface area (Å²) in [4.78, 5) is 47.6. The smallest absolute Gasteiger partial charge is 0.343 e. The number of ether oxygens (including phenoxy) is 6. The Morgan fingerprint density at radius 3 is 1.74 bits per heavy atom. The van der Waals surface area contributed by atoms with Crippen molar-refractivity contribution in [1.82, 2.24) is 0 Å². The van der Waals surface area contributed by atoms with Crippen LogP contribution in [0.15, 0.2) is 109 Å². The molecule has 0 aliphatic heterocycles. The molecule has 0 N–H and O–H groups in total. The molecule has 0 radical (unpaired) electrons. The zero-order valence-electron chi connectivity index (χ0n) is 26.6. The van der Waals surface area contributed by atoms with E-state index < -0.39 is 17.9 Å². The first kappa shape index (κ1) is 36.1. The third-order valence-electron chi connectivity index (χ3n) is 6.64. The maximum Gasteiger partial charge on any atom is 0.343 e. The second kappa shape index (κ2) is 19.9. The van der Waals surface area contributed by atoms with Crippen molar-refractivity contribution in [3.05, 3.63) is 120 Å². The number of carbonyl (C=O) groups is 4. The third kappa shape index (κ3) is 13.2. The summed E-state index contributed by atoms with van der Waals surface area (Å²) in [5.41, 5.74) is 1.56. The van der Waals surface area contributed by atoms with Gasteiger partial charge in [-0.3, -0.25) is 4.79 Å². The Balaban J connectivity index is 1.41. The molecule has 3 rings (SSSR count). The van der Waals surface area contributed by atoms with Gasteiger partial charge in [-0.25, -0.2) is 14.4 Å². The van der Waals surface area contributed by atoms with E-state index in [1.54, 1.807) is 66.8 Å². The number of unbranched alkanes of at least 4 members (excludes halogenated alkanes) is 2. The summed E-state index contributed by atoms with van der Waals surface area (Å²) in [5, 5.41) is 0. The number of rotatable bonds is 20. The molecule has 0 saturated heterocycles. The number of carbonyl (C=O) groups excluding carboxylic acids is 4. The fourth-order valence-electron chi connectivity index (χ4n) is 4.10. The van der Waals surface area contributed by atoms with Gasteiger partial charge in [0.25, 0.3) is 0 Å². The van der Waals surface area contributed by atoms with Gasteiger partial charge in [0.05, 0.1) is 32.0 Å². The minimum atomic E-state index is -0.506. The molecule has 2 aromatic rings. The number of hydrogen-bond acceptors (Lipinski definition) is 10. The number of esters is 3. The van der Waals surface area contributed by atoms with E-state index in [9.17, 15) is 19.2 Å². The zero-order valence-corrected chi connectivity index (χ0v) is 26.6. The van der Waals surface area contributed by atoms with E-state index in [0.717, 1.165) is 12.2 Å². The van der Waals surface area contributed by atoms with E-state index in [-0.39, 0.29) is 12.4 Å². The molecule has 248 valence electrons. The van der Waals surface area contributed by atoms with Crippen LogP contribution in [-0.4, -0.2) is 56.7 Å². The van der Waals surface area contributed by atoms with Crippen LogP contribution in [0.5, 0.6) is 11.5 Å². The van der Waals surface area contributed by atoms with Crippen LogP contribution >= 0.6 is 0 Å². The number of hydrogen-bond donors (Lipinski definition) is 0. The fraction of sp³-hybridized carbons (Fsp3) is 0.297. The molecule has 0 unspecified atom stereocenters. The Bertz CT molecular complexity index is 1480. The Labute approximate surface area is 274 Å². The Kier molecular flexibility index (Phi) is 15.3. The molecule has 0 amide bonds. The molecular weight excluding hydrogens is 604 g/mol. The zero-order chi connectivity index (χ0) is 33.9. The Morgan fingerprint density at radius 1 is 0.702 bits per heavy atom. The van der Waals surface area contributed by atoms with E-state index in [1.807, 2.05) is 6.92 Å².